The van der Waals surface area contributed by atoms with Crippen LogP contribution < -0.4 is 10.6 Å². The van der Waals surface area contributed by atoms with Gasteiger partial charge in [-0.3, -0.25) is 9.89 Å². The summed E-state index contributed by atoms with van der Waals surface area (Å²) in [5.74, 6) is 0.847. The van der Waals surface area contributed by atoms with Crippen LogP contribution in [0, 0.1) is 0 Å². The topological polar surface area (TPSA) is 48.9 Å². The van der Waals surface area contributed by atoms with Crippen molar-refractivity contribution < 1.29 is 4.74 Å². The number of nitrogens with zero attached hydrogens (tertiary/aromatic N) is 2. The molecule has 5 nitrogen and oxygen atoms in total. The Morgan fingerprint density at radius 1 is 1.12 bits per heavy atom. The van der Waals surface area contributed by atoms with Gasteiger partial charge in [0.15, 0.2) is 5.96 Å². The number of halogens is 1. The Kier molecular flexibility index (Phi) is 14.9. The molecule has 25 heavy (non-hydrogen) atoms. The summed E-state index contributed by atoms with van der Waals surface area (Å²) >= 11 is 0. The molecular weight excluding hydrogens is 427 g/mol. The zero-order valence-corrected chi connectivity index (χ0v) is 18.5. The van der Waals surface area contributed by atoms with Crippen LogP contribution in [0.15, 0.2) is 35.3 Å². The van der Waals surface area contributed by atoms with Gasteiger partial charge in [-0.25, -0.2) is 0 Å². The highest BCUT2D eigenvalue weighted by molar-refractivity contribution is 14.0. The van der Waals surface area contributed by atoms with Gasteiger partial charge in [0.1, 0.15) is 0 Å². The molecule has 0 fully saturated rings. The number of rotatable bonds is 11. The summed E-state index contributed by atoms with van der Waals surface area (Å²) in [5.41, 5.74) is 1.33. The van der Waals surface area contributed by atoms with E-state index in [0.717, 1.165) is 51.8 Å². The van der Waals surface area contributed by atoms with Crippen LogP contribution in [-0.2, 0) is 4.74 Å². The summed E-state index contributed by atoms with van der Waals surface area (Å²) < 4.78 is 5.36. The number of ether oxygens (including phenoxy) is 1. The van der Waals surface area contributed by atoms with E-state index in [1.807, 2.05) is 14.0 Å². The van der Waals surface area contributed by atoms with Gasteiger partial charge in [-0.15, -0.1) is 24.0 Å². The first-order chi connectivity index (χ1) is 11.8. The zero-order valence-electron chi connectivity index (χ0n) is 16.1. The van der Waals surface area contributed by atoms with E-state index < -0.39 is 0 Å². The minimum absolute atomic E-state index is 0. The lowest BCUT2D eigenvalue weighted by Crippen LogP contribution is -2.43. The molecule has 144 valence electrons. The molecule has 1 atom stereocenters. The van der Waals surface area contributed by atoms with Crippen molar-refractivity contribution >= 4 is 29.9 Å². The second-order valence-electron chi connectivity index (χ2n) is 5.58. The number of hydrogen-bond donors (Lipinski definition) is 2. The third-order valence-electron chi connectivity index (χ3n) is 4.09. The number of hydrogen-bond acceptors (Lipinski definition) is 3. The molecule has 1 aromatic carbocycles. The smallest absolute Gasteiger partial charge is 0.191 e. The molecule has 0 amide bonds. The van der Waals surface area contributed by atoms with Crippen LogP contribution in [0.2, 0.25) is 0 Å². The van der Waals surface area contributed by atoms with Crippen LogP contribution in [0.4, 0.5) is 0 Å². The molecule has 1 unspecified atom stereocenters. The summed E-state index contributed by atoms with van der Waals surface area (Å²) in [6.45, 7) is 11.7. The fourth-order valence-electron chi connectivity index (χ4n) is 2.74. The van der Waals surface area contributed by atoms with Gasteiger partial charge in [-0.05, 0) is 32.0 Å². The molecule has 0 bridgehead atoms. The fraction of sp³-hybridized carbons (Fsp3) is 0.632. The number of benzene rings is 1. The van der Waals surface area contributed by atoms with Gasteiger partial charge in [0.2, 0.25) is 0 Å². The third-order valence-corrected chi connectivity index (χ3v) is 4.09. The molecule has 0 spiro atoms. The molecule has 0 aliphatic carbocycles. The van der Waals surface area contributed by atoms with Gasteiger partial charge in [0.25, 0.3) is 0 Å². The Labute approximate surface area is 170 Å². The van der Waals surface area contributed by atoms with E-state index in [2.05, 4.69) is 64.7 Å². The van der Waals surface area contributed by atoms with Crippen LogP contribution in [0.3, 0.4) is 0 Å². The van der Waals surface area contributed by atoms with Crippen molar-refractivity contribution in [1.29, 1.82) is 0 Å². The molecule has 2 N–H and O–H groups in total. The average molecular weight is 462 g/mol. The van der Waals surface area contributed by atoms with E-state index in [1.54, 1.807) is 0 Å². The quantitative estimate of drug-likeness (QED) is 0.229. The lowest BCUT2D eigenvalue weighted by atomic mass is 10.1. The first kappa shape index (κ1) is 24.1. The SMILES string of the molecule is CCOCCCNC(=NC)NCC(c1ccccc1)N(CC)CC.I. The second kappa shape index (κ2) is 15.4. The van der Waals surface area contributed by atoms with Crippen molar-refractivity contribution in [2.24, 2.45) is 4.99 Å². The molecule has 1 rings (SSSR count). The molecule has 1 aromatic rings. The molecule has 6 heteroatoms. The Bertz CT molecular complexity index is 452. The monoisotopic (exact) mass is 462 g/mol. The lowest BCUT2D eigenvalue weighted by Gasteiger charge is -2.30. The minimum atomic E-state index is 0. The molecule has 0 aliphatic rings. The van der Waals surface area contributed by atoms with Crippen LogP contribution >= 0.6 is 24.0 Å². The summed E-state index contributed by atoms with van der Waals surface area (Å²) in [4.78, 5) is 6.78. The Morgan fingerprint density at radius 2 is 1.80 bits per heavy atom. The van der Waals surface area contributed by atoms with Crippen molar-refractivity contribution in [3.05, 3.63) is 35.9 Å². The highest BCUT2D eigenvalue weighted by Crippen LogP contribution is 2.19. The van der Waals surface area contributed by atoms with E-state index in [4.69, 9.17) is 4.74 Å². The Morgan fingerprint density at radius 3 is 2.36 bits per heavy atom. The average Bonchev–Trinajstić information content (AvgIpc) is 2.63. The first-order valence-electron chi connectivity index (χ1n) is 9.07. The van der Waals surface area contributed by atoms with Crippen LogP contribution in [-0.4, -0.2) is 57.3 Å². The van der Waals surface area contributed by atoms with E-state index in [-0.39, 0.29) is 24.0 Å². The predicted molar refractivity (Wildman–Crippen MR) is 118 cm³/mol. The maximum absolute atomic E-state index is 5.36. The maximum Gasteiger partial charge on any atom is 0.191 e. The summed E-state index contributed by atoms with van der Waals surface area (Å²) in [6, 6.07) is 11.0. The fourth-order valence-corrected chi connectivity index (χ4v) is 2.74. The molecule has 0 aliphatic heterocycles. The molecule has 0 aromatic heterocycles. The number of guanidine groups is 1. The second-order valence-corrected chi connectivity index (χ2v) is 5.58. The van der Waals surface area contributed by atoms with Crippen molar-refractivity contribution in [2.45, 2.75) is 33.2 Å². The maximum atomic E-state index is 5.36. The third kappa shape index (κ3) is 9.42. The van der Waals surface area contributed by atoms with Gasteiger partial charge in [0.05, 0.1) is 6.04 Å². The largest absolute Gasteiger partial charge is 0.382 e. The van der Waals surface area contributed by atoms with Gasteiger partial charge < -0.3 is 15.4 Å². The lowest BCUT2D eigenvalue weighted by molar-refractivity contribution is 0.145. The van der Waals surface area contributed by atoms with Gasteiger partial charge in [0, 0.05) is 33.4 Å². The van der Waals surface area contributed by atoms with E-state index >= 15 is 0 Å². The van der Waals surface area contributed by atoms with Gasteiger partial charge in [-0.1, -0.05) is 44.2 Å². The first-order valence-corrected chi connectivity index (χ1v) is 9.07. The highest BCUT2D eigenvalue weighted by Gasteiger charge is 2.17. The van der Waals surface area contributed by atoms with Crippen molar-refractivity contribution in [3.63, 3.8) is 0 Å². The molecule has 0 saturated carbocycles. The molecule has 0 saturated heterocycles. The van der Waals surface area contributed by atoms with Crippen LogP contribution in [0.1, 0.15) is 38.8 Å². The number of nitrogens with one attached hydrogen (secondary N) is 2. The van der Waals surface area contributed by atoms with Gasteiger partial charge >= 0.3 is 0 Å². The number of likely N-dealkylation sites (N-methyl/N-ethyl adjacent to an activating group) is 1. The Balaban J connectivity index is 0.00000576. The Hall–Kier alpha value is -0.860. The summed E-state index contributed by atoms with van der Waals surface area (Å²) in [7, 11) is 1.81. The summed E-state index contributed by atoms with van der Waals surface area (Å²) in [5, 5.41) is 6.81. The zero-order chi connectivity index (χ0) is 17.6. The normalized spacial score (nSPS) is 12.6. The standard InChI is InChI=1S/C19H34N4O.HI/c1-5-23(6-2)18(17-12-9-8-10-13-17)16-22-19(20-4)21-14-11-15-24-7-3;/h8-10,12-13,18H,5-7,11,14-16H2,1-4H3,(H2,20,21,22);1H. The van der Waals surface area contributed by atoms with Crippen LogP contribution in [0.5, 0.6) is 0 Å². The van der Waals surface area contributed by atoms with Crippen LogP contribution in [0.25, 0.3) is 0 Å². The predicted octanol–water partition coefficient (Wildman–Crippen LogP) is 3.28. The molecule has 0 heterocycles. The van der Waals surface area contributed by atoms with E-state index in [9.17, 15) is 0 Å². The molecular formula is C19H35IN4O. The number of aliphatic imine (C=N–C) groups is 1. The molecule has 0 radical (unpaired) electrons. The highest BCUT2D eigenvalue weighted by atomic mass is 127. The van der Waals surface area contributed by atoms with Crippen molar-refractivity contribution in [1.82, 2.24) is 15.5 Å². The minimum Gasteiger partial charge on any atom is -0.382 e. The van der Waals surface area contributed by atoms with Crippen molar-refractivity contribution in [2.75, 3.05) is 46.4 Å². The van der Waals surface area contributed by atoms with E-state index in [0.29, 0.717) is 6.04 Å². The van der Waals surface area contributed by atoms with Gasteiger partial charge in [-0.2, -0.15) is 0 Å². The summed E-state index contributed by atoms with van der Waals surface area (Å²) in [6.07, 6.45) is 0.979. The van der Waals surface area contributed by atoms with E-state index in [1.165, 1.54) is 5.56 Å². The van der Waals surface area contributed by atoms with Crippen molar-refractivity contribution in [3.8, 4) is 0 Å².